The van der Waals surface area contributed by atoms with E-state index in [-0.39, 0.29) is 18.2 Å². The van der Waals surface area contributed by atoms with E-state index in [0.29, 0.717) is 16.9 Å². The fourth-order valence-electron chi connectivity index (χ4n) is 1.72. The quantitative estimate of drug-likeness (QED) is 0.552. The normalized spacial score (nSPS) is 10.4. The molecule has 0 atom stereocenters. The second-order valence-electron chi connectivity index (χ2n) is 4.48. The van der Waals surface area contributed by atoms with Gasteiger partial charge in [-0.2, -0.15) is 0 Å². The van der Waals surface area contributed by atoms with Gasteiger partial charge >= 0.3 is 0 Å². The lowest BCUT2D eigenvalue weighted by molar-refractivity contribution is -0.00000554. The van der Waals surface area contributed by atoms with E-state index in [0.717, 1.165) is 37.8 Å². The van der Waals surface area contributed by atoms with Gasteiger partial charge in [0.2, 0.25) is 5.89 Å². The summed E-state index contributed by atoms with van der Waals surface area (Å²) in [6, 6.07) is 6.41. The van der Waals surface area contributed by atoms with Gasteiger partial charge in [-0.1, -0.05) is 30.3 Å². The van der Waals surface area contributed by atoms with Crippen molar-refractivity contribution in [2.75, 3.05) is 6.54 Å². The summed E-state index contributed by atoms with van der Waals surface area (Å²) in [5.74, 6) is 1.13. The number of thioether (sulfide) groups is 1. The van der Waals surface area contributed by atoms with Crippen molar-refractivity contribution in [3.63, 3.8) is 0 Å². The predicted molar refractivity (Wildman–Crippen MR) is 76.9 cm³/mol. The molecule has 4 nitrogen and oxygen atoms in total. The maximum absolute atomic E-state index is 12.8. The third kappa shape index (κ3) is 6.46. The Hall–Kier alpha value is -1.11. The van der Waals surface area contributed by atoms with Crippen LogP contribution in [-0.4, -0.2) is 16.7 Å². The fourth-order valence-corrected chi connectivity index (χ4v) is 2.46. The highest BCUT2D eigenvalue weighted by Crippen LogP contribution is 2.22. The Morgan fingerprint density at radius 1 is 1.10 bits per heavy atom. The summed E-state index contributed by atoms with van der Waals surface area (Å²) < 4.78 is 18.3. The molecule has 0 spiro atoms. The van der Waals surface area contributed by atoms with E-state index in [1.807, 2.05) is 0 Å². The Morgan fingerprint density at radius 3 is 2.57 bits per heavy atom. The Morgan fingerprint density at radius 2 is 1.86 bits per heavy atom. The van der Waals surface area contributed by atoms with Crippen LogP contribution in [0.25, 0.3) is 0 Å². The molecule has 0 amide bonds. The average Bonchev–Trinajstić information content (AvgIpc) is 2.91. The summed E-state index contributed by atoms with van der Waals surface area (Å²) in [6.45, 7) is 0.725. The minimum Gasteiger partial charge on any atom is -1.00 e. The van der Waals surface area contributed by atoms with Crippen LogP contribution in [0.2, 0.25) is 0 Å². The Kier molecular flexibility index (Phi) is 8.34. The maximum Gasteiger partial charge on any atom is 0.276 e. The molecule has 0 aliphatic heterocycles. The molecule has 1 heterocycles. The van der Waals surface area contributed by atoms with Gasteiger partial charge in [0.1, 0.15) is 5.82 Å². The second-order valence-corrected chi connectivity index (χ2v) is 5.40. The molecular formula is C14H18ClFN3OS-. The van der Waals surface area contributed by atoms with E-state index < -0.39 is 0 Å². The number of nitrogens with zero attached hydrogens (tertiary/aromatic N) is 2. The lowest BCUT2D eigenvalue weighted by Gasteiger charge is -1.97. The first-order valence-electron chi connectivity index (χ1n) is 6.67. The molecule has 1 aromatic carbocycles. The molecule has 116 valence electrons. The SMILES string of the molecule is NCCCCCc1nnc(SCc2ccc(F)cc2)o1.[Cl-]. The van der Waals surface area contributed by atoms with Gasteiger partial charge < -0.3 is 22.6 Å². The van der Waals surface area contributed by atoms with E-state index in [9.17, 15) is 4.39 Å². The second kappa shape index (κ2) is 9.76. The number of hydrogen-bond acceptors (Lipinski definition) is 5. The Balaban J connectivity index is 0.00000220. The number of unbranched alkanes of at least 4 members (excludes halogenated alkanes) is 2. The molecule has 0 aliphatic carbocycles. The van der Waals surface area contributed by atoms with Gasteiger partial charge in [-0.25, -0.2) is 4.39 Å². The minimum atomic E-state index is -0.226. The van der Waals surface area contributed by atoms with Crippen LogP contribution in [0.1, 0.15) is 30.7 Å². The summed E-state index contributed by atoms with van der Waals surface area (Å²) in [5.41, 5.74) is 6.46. The molecule has 21 heavy (non-hydrogen) atoms. The number of benzene rings is 1. The first-order valence-corrected chi connectivity index (χ1v) is 7.66. The molecule has 0 saturated heterocycles. The van der Waals surface area contributed by atoms with Crippen molar-refractivity contribution in [3.8, 4) is 0 Å². The zero-order chi connectivity index (χ0) is 14.2. The molecule has 0 aliphatic rings. The molecule has 0 radical (unpaired) electrons. The van der Waals surface area contributed by atoms with E-state index >= 15 is 0 Å². The number of halogens is 2. The van der Waals surface area contributed by atoms with Crippen molar-refractivity contribution >= 4 is 11.8 Å². The number of hydrogen-bond donors (Lipinski definition) is 1. The molecule has 2 rings (SSSR count). The van der Waals surface area contributed by atoms with Crippen LogP contribution in [0.15, 0.2) is 33.9 Å². The topological polar surface area (TPSA) is 64.9 Å². The Labute approximate surface area is 134 Å². The molecule has 0 saturated carbocycles. The largest absolute Gasteiger partial charge is 1.00 e. The summed E-state index contributed by atoms with van der Waals surface area (Å²) in [4.78, 5) is 0. The number of nitrogens with two attached hydrogens (primary N) is 1. The first-order chi connectivity index (χ1) is 9.78. The van der Waals surface area contributed by atoms with Gasteiger partial charge in [-0.15, -0.1) is 10.2 Å². The van der Waals surface area contributed by atoms with Gasteiger partial charge in [-0.3, -0.25) is 0 Å². The van der Waals surface area contributed by atoms with Crippen molar-refractivity contribution in [1.82, 2.24) is 10.2 Å². The van der Waals surface area contributed by atoms with Crippen LogP contribution in [0, 0.1) is 5.82 Å². The van der Waals surface area contributed by atoms with Gasteiger partial charge in [0.05, 0.1) is 0 Å². The lowest BCUT2D eigenvalue weighted by Crippen LogP contribution is -3.00. The molecular weight excluding hydrogens is 313 g/mol. The highest BCUT2D eigenvalue weighted by atomic mass is 35.5. The monoisotopic (exact) mass is 330 g/mol. The van der Waals surface area contributed by atoms with Crippen molar-refractivity contribution in [1.29, 1.82) is 0 Å². The van der Waals surface area contributed by atoms with Gasteiger partial charge in [0.25, 0.3) is 5.22 Å². The lowest BCUT2D eigenvalue weighted by atomic mass is 10.2. The standard InChI is InChI=1S/C14H18FN3OS.ClH/c15-12-7-5-11(6-8-12)10-20-14-18-17-13(19-14)4-2-1-3-9-16;/h5-8H,1-4,9-10,16H2;1H/p-1. The first kappa shape index (κ1) is 17.9. The van der Waals surface area contributed by atoms with E-state index in [1.165, 1.54) is 23.9 Å². The van der Waals surface area contributed by atoms with Gasteiger partial charge in [0.15, 0.2) is 0 Å². The molecule has 0 fully saturated rings. The van der Waals surface area contributed by atoms with Crippen LogP contribution in [0.5, 0.6) is 0 Å². The summed E-state index contributed by atoms with van der Waals surface area (Å²) in [7, 11) is 0. The molecule has 0 bridgehead atoms. The molecule has 1 aromatic heterocycles. The predicted octanol–water partition coefficient (Wildman–Crippen LogP) is 0.176. The van der Waals surface area contributed by atoms with Crippen LogP contribution < -0.4 is 18.1 Å². The van der Waals surface area contributed by atoms with Gasteiger partial charge in [0, 0.05) is 12.2 Å². The number of aromatic nitrogens is 2. The summed E-state index contributed by atoms with van der Waals surface area (Å²) in [5, 5.41) is 8.57. The third-order valence-corrected chi connectivity index (χ3v) is 3.71. The number of aryl methyl sites for hydroxylation is 1. The maximum atomic E-state index is 12.8. The van der Waals surface area contributed by atoms with Crippen LogP contribution in [0.3, 0.4) is 0 Å². The average molecular weight is 331 g/mol. The van der Waals surface area contributed by atoms with Crippen LogP contribution in [-0.2, 0) is 12.2 Å². The highest BCUT2D eigenvalue weighted by Gasteiger charge is 2.06. The highest BCUT2D eigenvalue weighted by molar-refractivity contribution is 7.98. The van der Waals surface area contributed by atoms with Crippen LogP contribution >= 0.6 is 11.8 Å². The van der Waals surface area contributed by atoms with E-state index in [4.69, 9.17) is 10.2 Å². The van der Waals surface area contributed by atoms with Crippen molar-refractivity contribution in [2.24, 2.45) is 5.73 Å². The van der Waals surface area contributed by atoms with E-state index in [2.05, 4.69) is 10.2 Å². The third-order valence-electron chi connectivity index (χ3n) is 2.82. The molecule has 2 aromatic rings. The zero-order valence-corrected chi connectivity index (χ0v) is 13.2. The van der Waals surface area contributed by atoms with Crippen molar-refractivity contribution in [3.05, 3.63) is 41.5 Å². The molecule has 0 unspecified atom stereocenters. The fraction of sp³-hybridized carbons (Fsp3) is 0.429. The summed E-state index contributed by atoms with van der Waals surface area (Å²) in [6.07, 6.45) is 3.92. The molecule has 7 heteroatoms. The number of rotatable bonds is 8. The zero-order valence-electron chi connectivity index (χ0n) is 11.6. The molecule has 2 N–H and O–H groups in total. The van der Waals surface area contributed by atoms with E-state index in [1.54, 1.807) is 12.1 Å². The van der Waals surface area contributed by atoms with Gasteiger partial charge in [-0.05, 0) is 37.1 Å². The smallest absolute Gasteiger partial charge is 0.276 e. The summed E-state index contributed by atoms with van der Waals surface area (Å²) >= 11 is 1.46. The van der Waals surface area contributed by atoms with Crippen LogP contribution in [0.4, 0.5) is 4.39 Å². The Bertz CT molecular complexity index is 521. The minimum absolute atomic E-state index is 0. The van der Waals surface area contributed by atoms with Crippen molar-refractivity contribution in [2.45, 2.75) is 36.7 Å². The van der Waals surface area contributed by atoms with Crippen molar-refractivity contribution < 1.29 is 21.2 Å².